The van der Waals surface area contributed by atoms with Crippen LogP contribution in [-0.2, 0) is 0 Å². The largest absolute Gasteiger partial charge is 0.369 e. The van der Waals surface area contributed by atoms with Crippen molar-refractivity contribution >= 4 is 5.69 Å². The van der Waals surface area contributed by atoms with E-state index in [-0.39, 0.29) is 0 Å². The zero-order valence-electron chi connectivity index (χ0n) is 12.7. The van der Waals surface area contributed by atoms with Gasteiger partial charge in [0.15, 0.2) is 0 Å². The molecule has 0 fully saturated rings. The lowest BCUT2D eigenvalue weighted by molar-refractivity contribution is 0.409. The topological polar surface area (TPSA) is 39.1 Å². The fourth-order valence-electron chi connectivity index (χ4n) is 2.46. The molecule has 3 heteroatoms. The van der Waals surface area contributed by atoms with Crippen molar-refractivity contribution in [1.82, 2.24) is 5.32 Å². The van der Waals surface area contributed by atoms with Gasteiger partial charge in [0.2, 0.25) is 0 Å². The zero-order valence-corrected chi connectivity index (χ0v) is 12.7. The molecule has 0 heterocycles. The van der Waals surface area contributed by atoms with Crippen molar-refractivity contribution in [2.75, 3.05) is 18.5 Å². The van der Waals surface area contributed by atoms with E-state index in [2.05, 4.69) is 61.3 Å². The third kappa shape index (κ3) is 3.97. The highest BCUT2D eigenvalue weighted by Gasteiger charge is 2.26. The average molecular weight is 259 g/mol. The van der Waals surface area contributed by atoms with E-state index in [1.807, 2.05) is 14.0 Å². The summed E-state index contributed by atoms with van der Waals surface area (Å²) in [5.74, 6) is 0. The van der Waals surface area contributed by atoms with Gasteiger partial charge < -0.3 is 10.2 Å². The van der Waals surface area contributed by atoms with Crippen LogP contribution in [0.2, 0.25) is 0 Å². The van der Waals surface area contributed by atoms with Crippen LogP contribution in [0.15, 0.2) is 24.3 Å². The van der Waals surface area contributed by atoms with Crippen molar-refractivity contribution in [1.29, 1.82) is 5.26 Å². The van der Waals surface area contributed by atoms with Crippen molar-refractivity contribution in [3.8, 4) is 6.07 Å². The lowest BCUT2D eigenvalue weighted by Gasteiger charge is -2.34. The number of aryl methyl sites for hydroxylation is 1. The summed E-state index contributed by atoms with van der Waals surface area (Å²) in [6, 6.07) is 11.2. The van der Waals surface area contributed by atoms with Crippen LogP contribution in [0, 0.1) is 18.3 Å². The van der Waals surface area contributed by atoms with Crippen molar-refractivity contribution in [2.45, 2.75) is 45.7 Å². The minimum atomic E-state index is -0.476. The highest BCUT2D eigenvalue weighted by molar-refractivity contribution is 5.49. The Morgan fingerprint density at radius 1 is 1.47 bits per heavy atom. The fourth-order valence-corrected chi connectivity index (χ4v) is 2.46. The minimum absolute atomic E-state index is 0.309. The summed E-state index contributed by atoms with van der Waals surface area (Å²) in [7, 11) is 1.85. The number of hydrogen-bond acceptors (Lipinski definition) is 3. The highest BCUT2D eigenvalue weighted by atomic mass is 15.2. The second kappa shape index (κ2) is 6.58. The molecule has 19 heavy (non-hydrogen) atoms. The SMILES string of the molecule is CCN(c1cccc(C)c1)C(C)CC(C)(C#N)NC. The first kappa shape index (κ1) is 15.5. The Hall–Kier alpha value is -1.53. The predicted octanol–water partition coefficient (Wildman–Crippen LogP) is 3.10. The maximum absolute atomic E-state index is 9.27. The van der Waals surface area contributed by atoms with E-state index >= 15 is 0 Å². The van der Waals surface area contributed by atoms with Gasteiger partial charge in [-0.2, -0.15) is 5.26 Å². The van der Waals surface area contributed by atoms with Crippen molar-refractivity contribution in [3.05, 3.63) is 29.8 Å². The number of hydrogen-bond donors (Lipinski definition) is 1. The van der Waals surface area contributed by atoms with Crippen LogP contribution in [-0.4, -0.2) is 25.2 Å². The molecule has 0 radical (unpaired) electrons. The van der Waals surface area contributed by atoms with Crippen LogP contribution in [0.4, 0.5) is 5.69 Å². The number of nitrogens with one attached hydrogen (secondary N) is 1. The molecule has 0 aliphatic heterocycles. The van der Waals surface area contributed by atoms with Crippen LogP contribution in [0.1, 0.15) is 32.8 Å². The molecule has 0 aliphatic rings. The Kier molecular flexibility index (Phi) is 5.38. The summed E-state index contributed by atoms with van der Waals surface area (Å²) in [6.07, 6.45) is 0.793. The molecule has 0 saturated carbocycles. The Bertz CT molecular complexity index is 450. The van der Waals surface area contributed by atoms with Crippen LogP contribution in [0.25, 0.3) is 0 Å². The van der Waals surface area contributed by atoms with Gasteiger partial charge in [0.1, 0.15) is 5.54 Å². The van der Waals surface area contributed by atoms with Gasteiger partial charge in [0, 0.05) is 18.3 Å². The molecule has 0 amide bonds. The molecule has 2 unspecified atom stereocenters. The fraction of sp³-hybridized carbons (Fsp3) is 0.562. The van der Waals surface area contributed by atoms with Gasteiger partial charge in [-0.3, -0.25) is 0 Å². The summed E-state index contributed by atoms with van der Waals surface area (Å²) in [5, 5.41) is 12.4. The number of benzene rings is 1. The number of rotatable bonds is 6. The Balaban J connectivity index is 2.89. The first-order valence-electron chi connectivity index (χ1n) is 6.89. The minimum Gasteiger partial charge on any atom is -0.369 e. The molecule has 1 N–H and O–H groups in total. The van der Waals surface area contributed by atoms with Gasteiger partial charge in [-0.15, -0.1) is 0 Å². The first-order valence-corrected chi connectivity index (χ1v) is 6.89. The van der Waals surface area contributed by atoms with Gasteiger partial charge in [-0.05, 0) is 58.9 Å². The lowest BCUT2D eigenvalue weighted by atomic mass is 9.94. The van der Waals surface area contributed by atoms with Gasteiger partial charge >= 0.3 is 0 Å². The predicted molar refractivity (Wildman–Crippen MR) is 81.4 cm³/mol. The molecule has 3 nitrogen and oxygen atoms in total. The van der Waals surface area contributed by atoms with Gasteiger partial charge in [0.25, 0.3) is 0 Å². The third-order valence-electron chi connectivity index (χ3n) is 3.71. The van der Waals surface area contributed by atoms with E-state index in [9.17, 15) is 5.26 Å². The summed E-state index contributed by atoms with van der Waals surface area (Å²) < 4.78 is 0. The molecule has 0 aliphatic carbocycles. The normalized spacial score (nSPS) is 15.4. The van der Waals surface area contributed by atoms with Gasteiger partial charge in [-0.25, -0.2) is 0 Å². The number of nitrogens with zero attached hydrogens (tertiary/aromatic N) is 2. The molecule has 1 rings (SSSR count). The number of anilines is 1. The summed E-state index contributed by atoms with van der Waals surface area (Å²) in [4.78, 5) is 2.35. The van der Waals surface area contributed by atoms with Crippen LogP contribution in [0.3, 0.4) is 0 Å². The third-order valence-corrected chi connectivity index (χ3v) is 3.71. The van der Waals surface area contributed by atoms with E-state index in [1.165, 1.54) is 11.3 Å². The molecule has 104 valence electrons. The molecule has 1 aromatic rings. The monoisotopic (exact) mass is 259 g/mol. The molecule has 0 saturated heterocycles. The molecule has 0 bridgehead atoms. The average Bonchev–Trinajstić information content (AvgIpc) is 2.39. The number of nitriles is 1. The van der Waals surface area contributed by atoms with Gasteiger partial charge in [0.05, 0.1) is 6.07 Å². The van der Waals surface area contributed by atoms with Crippen molar-refractivity contribution < 1.29 is 0 Å². The maximum atomic E-state index is 9.27. The molecule has 1 aromatic carbocycles. The van der Waals surface area contributed by atoms with E-state index in [0.717, 1.165) is 13.0 Å². The maximum Gasteiger partial charge on any atom is 0.105 e. The molecule has 0 aromatic heterocycles. The smallest absolute Gasteiger partial charge is 0.105 e. The van der Waals surface area contributed by atoms with E-state index in [1.54, 1.807) is 0 Å². The molecule has 2 atom stereocenters. The Morgan fingerprint density at radius 3 is 2.63 bits per heavy atom. The summed E-state index contributed by atoms with van der Waals surface area (Å²) >= 11 is 0. The van der Waals surface area contributed by atoms with E-state index < -0.39 is 5.54 Å². The van der Waals surface area contributed by atoms with Crippen molar-refractivity contribution in [3.63, 3.8) is 0 Å². The highest BCUT2D eigenvalue weighted by Crippen LogP contribution is 2.22. The molecular weight excluding hydrogens is 234 g/mol. The van der Waals surface area contributed by atoms with Crippen LogP contribution in [0.5, 0.6) is 0 Å². The van der Waals surface area contributed by atoms with Gasteiger partial charge in [-0.1, -0.05) is 12.1 Å². The van der Waals surface area contributed by atoms with Crippen LogP contribution < -0.4 is 10.2 Å². The zero-order chi connectivity index (χ0) is 14.5. The first-order chi connectivity index (χ1) is 8.95. The lowest BCUT2D eigenvalue weighted by Crippen LogP contribution is -2.45. The van der Waals surface area contributed by atoms with Crippen molar-refractivity contribution in [2.24, 2.45) is 0 Å². The molecule has 0 spiro atoms. The second-order valence-corrected chi connectivity index (χ2v) is 5.37. The van der Waals surface area contributed by atoms with Crippen LogP contribution >= 0.6 is 0 Å². The second-order valence-electron chi connectivity index (χ2n) is 5.37. The summed E-state index contributed by atoms with van der Waals surface area (Å²) in [5.41, 5.74) is 2.02. The Labute approximate surface area is 117 Å². The molecular formula is C16H25N3. The Morgan fingerprint density at radius 2 is 2.16 bits per heavy atom. The van der Waals surface area contributed by atoms with E-state index in [4.69, 9.17) is 0 Å². The van der Waals surface area contributed by atoms with E-state index in [0.29, 0.717) is 6.04 Å². The summed E-state index contributed by atoms with van der Waals surface area (Å²) in [6.45, 7) is 9.33. The standard InChI is InChI=1S/C16H25N3/c1-6-19(15-9-7-8-13(2)10-15)14(3)11-16(4,12-17)18-5/h7-10,14,18H,6,11H2,1-5H3. The quantitative estimate of drug-likeness (QED) is 0.853.